The van der Waals surface area contributed by atoms with Crippen LogP contribution >= 0.6 is 0 Å². The molecule has 4 heteroatoms. The van der Waals surface area contributed by atoms with Gasteiger partial charge in [0, 0.05) is 5.69 Å². The predicted octanol–water partition coefficient (Wildman–Crippen LogP) is 3.48. The molecule has 0 aliphatic carbocycles. The molecule has 0 bridgehead atoms. The summed E-state index contributed by atoms with van der Waals surface area (Å²) in [5, 5.41) is 11.4. The van der Waals surface area contributed by atoms with Gasteiger partial charge in [-0.3, -0.25) is 5.32 Å². The second-order valence-corrected chi connectivity index (χ2v) is 3.97. The van der Waals surface area contributed by atoms with Gasteiger partial charge in [-0.1, -0.05) is 18.2 Å². The van der Waals surface area contributed by atoms with Crippen LogP contribution in [0, 0.1) is 18.3 Å². The average molecular weight is 252 g/mol. The van der Waals surface area contributed by atoms with E-state index in [-0.39, 0.29) is 0 Å². The van der Waals surface area contributed by atoms with Crippen molar-refractivity contribution in [3.05, 3.63) is 59.7 Å². The number of rotatable bonds is 2. The Kier molecular flexibility index (Phi) is 3.79. The van der Waals surface area contributed by atoms with Gasteiger partial charge in [-0.05, 0) is 42.8 Å². The number of ether oxygens (including phenoxy) is 1. The fraction of sp³-hybridized carbons (Fsp3) is 0.0667. The summed E-state index contributed by atoms with van der Waals surface area (Å²) in [6, 6.07) is 15.9. The maximum atomic E-state index is 11.6. The van der Waals surface area contributed by atoms with Crippen LogP contribution in [0.15, 0.2) is 48.5 Å². The summed E-state index contributed by atoms with van der Waals surface area (Å²) in [5.41, 5.74) is 1.99. The Hall–Kier alpha value is -2.80. The van der Waals surface area contributed by atoms with E-state index in [1.54, 1.807) is 42.5 Å². The molecule has 0 aromatic heterocycles. The van der Waals surface area contributed by atoms with Crippen molar-refractivity contribution in [3.8, 4) is 11.8 Å². The van der Waals surface area contributed by atoms with Gasteiger partial charge in [0.2, 0.25) is 0 Å². The number of amides is 1. The van der Waals surface area contributed by atoms with Gasteiger partial charge in [-0.2, -0.15) is 5.26 Å². The highest BCUT2D eigenvalue weighted by Gasteiger charge is 2.06. The number of benzene rings is 2. The van der Waals surface area contributed by atoms with E-state index in [1.807, 2.05) is 13.0 Å². The Balaban J connectivity index is 2.04. The maximum absolute atomic E-state index is 11.6. The van der Waals surface area contributed by atoms with E-state index in [4.69, 9.17) is 10.00 Å². The molecule has 0 heterocycles. The molecule has 1 N–H and O–H groups in total. The van der Waals surface area contributed by atoms with Crippen LogP contribution in [0.1, 0.15) is 11.1 Å². The fourth-order valence-electron chi connectivity index (χ4n) is 1.61. The molecule has 0 saturated carbocycles. The van der Waals surface area contributed by atoms with Crippen LogP contribution in [-0.2, 0) is 0 Å². The molecule has 0 aliphatic rings. The summed E-state index contributed by atoms with van der Waals surface area (Å²) in [6.07, 6.45) is -0.560. The van der Waals surface area contributed by atoms with Crippen molar-refractivity contribution in [3.63, 3.8) is 0 Å². The molecule has 0 atom stereocenters. The minimum Gasteiger partial charge on any atom is -0.410 e. The van der Waals surface area contributed by atoms with Crippen molar-refractivity contribution in [1.82, 2.24) is 0 Å². The molecule has 2 aromatic carbocycles. The van der Waals surface area contributed by atoms with Gasteiger partial charge in [-0.15, -0.1) is 0 Å². The van der Waals surface area contributed by atoms with Gasteiger partial charge in [0.25, 0.3) is 0 Å². The van der Waals surface area contributed by atoms with Crippen molar-refractivity contribution < 1.29 is 9.53 Å². The number of hydrogen-bond donors (Lipinski definition) is 1. The lowest BCUT2D eigenvalue weighted by Crippen LogP contribution is -2.16. The third-order valence-electron chi connectivity index (χ3n) is 2.55. The van der Waals surface area contributed by atoms with Gasteiger partial charge in [0.1, 0.15) is 5.75 Å². The number of carbonyl (C=O) groups excluding carboxylic acids is 1. The molecule has 0 aliphatic heterocycles. The van der Waals surface area contributed by atoms with Crippen molar-refractivity contribution in [2.45, 2.75) is 6.92 Å². The van der Waals surface area contributed by atoms with E-state index in [2.05, 4.69) is 11.4 Å². The topological polar surface area (TPSA) is 62.1 Å². The molecule has 2 rings (SSSR count). The average Bonchev–Trinajstić information content (AvgIpc) is 2.40. The summed E-state index contributed by atoms with van der Waals surface area (Å²) in [6.45, 7) is 1.81. The van der Waals surface area contributed by atoms with Crippen LogP contribution in [0.3, 0.4) is 0 Å². The Morgan fingerprint density at radius 1 is 1.21 bits per heavy atom. The van der Waals surface area contributed by atoms with E-state index in [9.17, 15) is 4.79 Å². The first-order chi connectivity index (χ1) is 9.19. The van der Waals surface area contributed by atoms with Crippen LogP contribution in [-0.4, -0.2) is 6.09 Å². The molecule has 2 aromatic rings. The van der Waals surface area contributed by atoms with E-state index >= 15 is 0 Å². The van der Waals surface area contributed by atoms with E-state index < -0.39 is 6.09 Å². The summed E-state index contributed by atoms with van der Waals surface area (Å²) in [4.78, 5) is 11.6. The highest BCUT2D eigenvalue weighted by Crippen LogP contribution is 2.15. The SMILES string of the molecule is Cc1cc(NC(=O)Oc2ccccc2)ccc1C#N. The first-order valence-electron chi connectivity index (χ1n) is 5.73. The number of nitriles is 1. The number of para-hydroxylation sites is 1. The van der Waals surface area contributed by atoms with E-state index in [1.165, 1.54) is 0 Å². The van der Waals surface area contributed by atoms with Crippen molar-refractivity contribution in [2.75, 3.05) is 5.32 Å². The van der Waals surface area contributed by atoms with Gasteiger partial charge >= 0.3 is 6.09 Å². The van der Waals surface area contributed by atoms with E-state index in [0.29, 0.717) is 17.0 Å². The van der Waals surface area contributed by atoms with Crippen LogP contribution in [0.5, 0.6) is 5.75 Å². The minimum atomic E-state index is -0.560. The summed E-state index contributed by atoms with van der Waals surface area (Å²) >= 11 is 0. The molecule has 0 unspecified atom stereocenters. The monoisotopic (exact) mass is 252 g/mol. The molecule has 4 nitrogen and oxygen atoms in total. The molecule has 19 heavy (non-hydrogen) atoms. The second kappa shape index (κ2) is 5.69. The molecule has 0 fully saturated rings. The minimum absolute atomic E-state index is 0.477. The predicted molar refractivity (Wildman–Crippen MR) is 72.0 cm³/mol. The quantitative estimate of drug-likeness (QED) is 0.890. The number of nitrogens with zero attached hydrogens (tertiary/aromatic N) is 1. The Labute approximate surface area is 111 Å². The lowest BCUT2D eigenvalue weighted by atomic mass is 10.1. The number of nitrogens with one attached hydrogen (secondary N) is 1. The zero-order chi connectivity index (χ0) is 13.7. The zero-order valence-corrected chi connectivity index (χ0v) is 10.4. The van der Waals surface area contributed by atoms with Gasteiger partial charge in [0.05, 0.1) is 11.6 Å². The summed E-state index contributed by atoms with van der Waals surface area (Å²) in [7, 11) is 0. The lowest BCUT2D eigenvalue weighted by Gasteiger charge is -2.07. The van der Waals surface area contributed by atoms with Crippen LogP contribution in [0.2, 0.25) is 0 Å². The number of carbonyl (C=O) groups is 1. The Morgan fingerprint density at radius 3 is 2.58 bits per heavy atom. The number of aryl methyl sites for hydroxylation is 1. The third-order valence-corrected chi connectivity index (χ3v) is 2.55. The maximum Gasteiger partial charge on any atom is 0.417 e. The first-order valence-corrected chi connectivity index (χ1v) is 5.73. The third kappa shape index (κ3) is 3.33. The van der Waals surface area contributed by atoms with Gasteiger partial charge in [-0.25, -0.2) is 4.79 Å². The smallest absolute Gasteiger partial charge is 0.410 e. The first kappa shape index (κ1) is 12.7. The highest BCUT2D eigenvalue weighted by molar-refractivity contribution is 5.86. The molecular formula is C15H12N2O2. The fourth-order valence-corrected chi connectivity index (χ4v) is 1.61. The van der Waals surface area contributed by atoms with Gasteiger partial charge < -0.3 is 4.74 Å². The Bertz CT molecular complexity index is 630. The molecular weight excluding hydrogens is 240 g/mol. The molecule has 0 spiro atoms. The lowest BCUT2D eigenvalue weighted by molar-refractivity contribution is 0.215. The van der Waals surface area contributed by atoms with Gasteiger partial charge in [0.15, 0.2) is 0 Å². The normalized spacial score (nSPS) is 9.47. The van der Waals surface area contributed by atoms with E-state index in [0.717, 1.165) is 5.56 Å². The number of anilines is 1. The largest absolute Gasteiger partial charge is 0.417 e. The summed E-state index contributed by atoms with van der Waals surface area (Å²) < 4.78 is 5.10. The molecule has 0 radical (unpaired) electrons. The summed E-state index contributed by atoms with van der Waals surface area (Å²) in [5.74, 6) is 0.477. The highest BCUT2D eigenvalue weighted by atomic mass is 16.6. The van der Waals surface area contributed by atoms with Crippen molar-refractivity contribution in [2.24, 2.45) is 0 Å². The molecule has 94 valence electrons. The van der Waals surface area contributed by atoms with Crippen LogP contribution < -0.4 is 10.1 Å². The molecule has 0 saturated heterocycles. The Morgan fingerprint density at radius 2 is 1.95 bits per heavy atom. The standard InChI is InChI=1S/C15H12N2O2/c1-11-9-13(8-7-12(11)10-16)17-15(18)19-14-5-3-2-4-6-14/h2-9H,1H3,(H,17,18). The second-order valence-electron chi connectivity index (χ2n) is 3.97. The van der Waals surface area contributed by atoms with Crippen LogP contribution in [0.4, 0.5) is 10.5 Å². The van der Waals surface area contributed by atoms with Crippen molar-refractivity contribution >= 4 is 11.8 Å². The number of hydrogen-bond acceptors (Lipinski definition) is 3. The molecule has 1 amide bonds. The van der Waals surface area contributed by atoms with Crippen molar-refractivity contribution in [1.29, 1.82) is 5.26 Å². The zero-order valence-electron chi connectivity index (χ0n) is 10.4. The van der Waals surface area contributed by atoms with Crippen LogP contribution in [0.25, 0.3) is 0 Å².